The highest BCUT2D eigenvalue weighted by atomic mass is 32.1. The van der Waals surface area contributed by atoms with Gasteiger partial charge in [-0.3, -0.25) is 49.1 Å². The maximum atomic E-state index is 14.1. The Morgan fingerprint density at radius 1 is 0.584 bits per heavy atom. The van der Waals surface area contributed by atoms with E-state index >= 15 is 0 Å². The first-order chi connectivity index (χ1) is 48.2. The smallest absolute Gasteiger partial charge is 0.413 e. The van der Waals surface area contributed by atoms with Crippen molar-refractivity contribution in [2.45, 2.75) is 225 Å². The van der Waals surface area contributed by atoms with E-state index in [1.165, 1.54) is 49.9 Å². The molecular formula is C72H115N9O19S. The van der Waals surface area contributed by atoms with E-state index in [4.69, 9.17) is 48.4 Å². The Hall–Kier alpha value is -7.31. The van der Waals surface area contributed by atoms with E-state index in [1.807, 2.05) is 30.3 Å². The largest absolute Gasteiger partial charge is 0.494 e. The lowest BCUT2D eigenvalue weighted by atomic mass is 10.00. The molecule has 0 unspecified atom stereocenters. The summed E-state index contributed by atoms with van der Waals surface area (Å²) >= 11 is 1.30. The highest BCUT2D eigenvalue weighted by Crippen LogP contribution is 2.59. The Morgan fingerprint density at radius 3 is 1.66 bits per heavy atom. The van der Waals surface area contributed by atoms with Gasteiger partial charge in [0, 0.05) is 72.6 Å². The number of benzene rings is 1. The molecule has 2 aromatic rings. The summed E-state index contributed by atoms with van der Waals surface area (Å²) in [5, 5.41) is 37.9. The summed E-state index contributed by atoms with van der Waals surface area (Å²) in [5.41, 5.74) is -1.61. The van der Waals surface area contributed by atoms with Gasteiger partial charge < -0.3 is 79.8 Å². The lowest BCUT2D eigenvalue weighted by Gasteiger charge is -2.28. The summed E-state index contributed by atoms with van der Waals surface area (Å²) < 4.78 is 44.4. The molecular weight excluding hydrogens is 1330 g/mol. The summed E-state index contributed by atoms with van der Waals surface area (Å²) in [6.45, 7) is 13.7. The molecule has 0 spiro atoms. The Morgan fingerprint density at radius 2 is 1.10 bits per heavy atom. The number of ether oxygens (including phenoxy) is 8. The molecule has 1 aliphatic heterocycles. The van der Waals surface area contributed by atoms with E-state index < -0.39 is 64.6 Å². The highest BCUT2D eigenvalue weighted by molar-refractivity contribution is 7.10. The van der Waals surface area contributed by atoms with Crippen LogP contribution in [0.5, 0.6) is 5.75 Å². The number of carbonyl (C=O) groups is 10. The molecule has 4 rings (SSSR count). The first kappa shape index (κ1) is 86.1. The Kier molecular flexibility index (Phi) is 40.7. The number of carboxylic acid groups (broad SMARTS) is 1. The fourth-order valence-corrected chi connectivity index (χ4v) is 12.1. The maximum absolute atomic E-state index is 14.1. The normalized spacial score (nSPS) is 16.0. The number of thiophene rings is 1. The minimum atomic E-state index is -0.967. The third kappa shape index (κ3) is 38.5. The number of carbonyl (C=O) groups excluding carboxylic acids is 9. The molecule has 1 aromatic carbocycles. The number of carboxylic acids is 1. The molecule has 0 radical (unpaired) electrons. The van der Waals surface area contributed by atoms with E-state index in [9.17, 15) is 47.9 Å². The van der Waals surface area contributed by atoms with Crippen LogP contribution in [-0.2, 0) is 76.3 Å². The fraction of sp³-hybridized carbons (Fsp3) is 0.708. The van der Waals surface area contributed by atoms with Crippen molar-refractivity contribution in [2.24, 2.45) is 5.41 Å². The predicted molar refractivity (Wildman–Crippen MR) is 379 cm³/mol. The molecule has 9 N–H and O–H groups in total. The summed E-state index contributed by atoms with van der Waals surface area (Å²) in [4.78, 5) is 129. The van der Waals surface area contributed by atoms with Gasteiger partial charge in [-0.25, -0.2) is 9.59 Å². The number of unbranched alkanes of at least 4 members (excludes halogenated alkanes) is 13. The Labute approximate surface area is 599 Å². The molecule has 101 heavy (non-hydrogen) atoms. The number of amides is 8. The van der Waals surface area contributed by atoms with Crippen molar-refractivity contribution in [3.05, 3.63) is 52.2 Å². The van der Waals surface area contributed by atoms with Gasteiger partial charge in [-0.15, -0.1) is 11.3 Å². The van der Waals surface area contributed by atoms with E-state index in [0.717, 1.165) is 44.9 Å². The zero-order chi connectivity index (χ0) is 73.9. The lowest BCUT2D eigenvalue weighted by molar-refractivity contribution is -0.159. The van der Waals surface area contributed by atoms with E-state index in [2.05, 4.69) is 37.2 Å². The standard InChI is InChI=1S/C72H115N9O19S/c1-52(57-44-53(50-101-57)66(73)80-69(92)100-71(5,6)7)78-67(90)56-45-72(46-58(72)81(56)64(87)47-77-59(82)29-25-36-98-54-26-21-20-22-27-54)51-97-39-35-76-63(86)49-96-43-41-94-38-34-75-62(85)48-95-42-40-93-37-33-74-60(83)32-31-55(68(91)99-70(2,3)4)79-61(84)28-23-18-16-14-12-10-8-9-11-13-15-17-19-24-30-65(88)89/h20-22,26-27,44,50,52,55-56,58H,8-19,23-25,28-43,45-49,51H2,1-7H3,(H,74,83)(H,75,85)(H,76,86)(H,77,82)(H,78,90)(H,79,84)(H,88,89)(H2,73,80,92)/t52-,55+,56+,58+,72-/m1/s1. The monoisotopic (exact) mass is 1440 g/mol. The van der Waals surface area contributed by atoms with Crippen LogP contribution in [0.25, 0.3) is 0 Å². The number of amidine groups is 1. The number of nitrogens with one attached hydrogen (secondary N) is 8. The van der Waals surface area contributed by atoms with Crippen LogP contribution in [0.2, 0.25) is 0 Å². The van der Waals surface area contributed by atoms with Gasteiger partial charge in [-0.05, 0) is 105 Å². The van der Waals surface area contributed by atoms with E-state index in [1.54, 1.807) is 64.8 Å². The number of esters is 1. The first-order valence-electron chi connectivity index (χ1n) is 35.9. The van der Waals surface area contributed by atoms with Crippen LogP contribution in [-0.4, -0.2) is 203 Å². The number of aliphatic carboxylic acids is 1. The molecule has 2 heterocycles. The second-order valence-electron chi connectivity index (χ2n) is 27.6. The number of alkyl carbamates (subject to hydrolysis) is 1. The van der Waals surface area contributed by atoms with Gasteiger partial charge in [0.1, 0.15) is 48.1 Å². The van der Waals surface area contributed by atoms with Gasteiger partial charge in [0.05, 0.1) is 72.0 Å². The molecule has 29 heteroatoms. The van der Waals surface area contributed by atoms with Crippen LogP contribution in [0.4, 0.5) is 4.79 Å². The number of likely N-dealkylation sites (tertiary alicyclic amines) is 1. The molecule has 28 nitrogen and oxygen atoms in total. The van der Waals surface area contributed by atoms with Crippen LogP contribution in [0.3, 0.4) is 0 Å². The summed E-state index contributed by atoms with van der Waals surface area (Å²) in [6, 6.07) is 8.25. The van der Waals surface area contributed by atoms with Gasteiger partial charge in [-0.1, -0.05) is 95.2 Å². The molecule has 1 saturated carbocycles. The van der Waals surface area contributed by atoms with Crippen molar-refractivity contribution in [3.63, 3.8) is 0 Å². The van der Waals surface area contributed by atoms with Crippen molar-refractivity contribution < 1.29 is 90.9 Å². The SMILES string of the molecule is C[C@@H](NC(=O)[C@@H]1C[C@]2(COCCNC(=O)COCCOCCNC(=O)COCCOCCNC(=O)CC[C@H](NC(=O)CCCCCCCCCCCCCCCCC(=O)O)C(=O)OC(C)(C)C)C[C@@H]2N1C(=O)CNC(=O)CCCOc1ccccc1)c1cc(C(=N)NC(=O)OC(C)(C)C)cs1. The first-order valence-corrected chi connectivity index (χ1v) is 36.8. The molecule has 2 aliphatic rings. The van der Waals surface area contributed by atoms with E-state index in [-0.39, 0.29) is 166 Å². The summed E-state index contributed by atoms with van der Waals surface area (Å²) in [7, 11) is 0. The number of rotatable bonds is 54. The van der Waals surface area contributed by atoms with Crippen LogP contribution < -0.4 is 42.0 Å². The van der Waals surface area contributed by atoms with Crippen molar-refractivity contribution in [2.75, 3.05) is 98.9 Å². The van der Waals surface area contributed by atoms with Crippen molar-refractivity contribution >= 4 is 76.6 Å². The second-order valence-corrected chi connectivity index (χ2v) is 28.5. The van der Waals surface area contributed by atoms with Gasteiger partial charge in [0.2, 0.25) is 41.4 Å². The molecule has 1 aromatic heterocycles. The van der Waals surface area contributed by atoms with Crippen molar-refractivity contribution in [1.29, 1.82) is 5.41 Å². The number of hydrogen-bond donors (Lipinski definition) is 9. The van der Waals surface area contributed by atoms with Crippen molar-refractivity contribution in [1.82, 2.24) is 42.1 Å². The van der Waals surface area contributed by atoms with Crippen molar-refractivity contribution in [3.8, 4) is 5.75 Å². The number of fused-ring (bicyclic) bond motifs is 1. The lowest BCUT2D eigenvalue weighted by Crippen LogP contribution is -2.51. The Bertz CT molecular complexity index is 2870. The summed E-state index contributed by atoms with van der Waals surface area (Å²) in [5.74, 6) is -3.21. The summed E-state index contributed by atoms with van der Waals surface area (Å²) in [6.07, 6.45) is 16.3. The average Bonchev–Trinajstić information content (AvgIpc) is 1.54. The molecule has 1 aliphatic carbocycles. The number of nitrogens with zero attached hydrogens (tertiary/aromatic N) is 1. The zero-order valence-electron chi connectivity index (χ0n) is 60.7. The predicted octanol–water partition coefficient (Wildman–Crippen LogP) is 7.47. The van der Waals surface area contributed by atoms with Gasteiger partial charge in [-0.2, -0.15) is 0 Å². The quantitative estimate of drug-likeness (QED) is 0.0134. The number of piperidine rings is 1. The fourth-order valence-electron chi connectivity index (χ4n) is 11.2. The number of hydrogen-bond acceptors (Lipinski definition) is 20. The van der Waals surface area contributed by atoms with Gasteiger partial charge in [0.15, 0.2) is 0 Å². The second kappa shape index (κ2) is 47.8. The van der Waals surface area contributed by atoms with Crippen LogP contribution in [0.1, 0.15) is 206 Å². The molecule has 568 valence electrons. The number of para-hydroxylation sites is 1. The van der Waals surface area contributed by atoms with Crippen LogP contribution in [0.15, 0.2) is 41.8 Å². The Balaban J connectivity index is 1.01. The zero-order valence-corrected chi connectivity index (χ0v) is 61.5. The highest BCUT2D eigenvalue weighted by Gasteiger charge is 2.67. The van der Waals surface area contributed by atoms with Crippen LogP contribution >= 0.6 is 11.3 Å². The molecule has 1 saturated heterocycles. The molecule has 8 amide bonds. The minimum absolute atomic E-state index is 0.0158. The molecule has 2 fully saturated rings. The van der Waals surface area contributed by atoms with Gasteiger partial charge in [0.25, 0.3) is 0 Å². The molecule has 0 bridgehead atoms. The maximum Gasteiger partial charge on any atom is 0.413 e. The third-order valence-electron chi connectivity index (χ3n) is 16.4. The molecule has 5 atom stereocenters. The third-order valence-corrected chi connectivity index (χ3v) is 17.5. The topological polar surface area (TPSA) is 376 Å². The minimum Gasteiger partial charge on any atom is -0.494 e. The van der Waals surface area contributed by atoms with Gasteiger partial charge >= 0.3 is 18.0 Å². The average molecular weight is 1440 g/mol. The van der Waals surface area contributed by atoms with Crippen LogP contribution in [0, 0.1) is 10.8 Å². The van der Waals surface area contributed by atoms with E-state index in [0.29, 0.717) is 48.5 Å².